The summed E-state index contributed by atoms with van der Waals surface area (Å²) in [5, 5.41) is 6.40. The number of ether oxygens (including phenoxy) is 2. The Kier molecular flexibility index (Phi) is 4.52. The van der Waals surface area contributed by atoms with Gasteiger partial charge in [0.2, 0.25) is 5.91 Å². The lowest BCUT2D eigenvalue weighted by atomic mass is 9.88. The summed E-state index contributed by atoms with van der Waals surface area (Å²) in [5.74, 6) is 2.19. The predicted octanol–water partition coefficient (Wildman–Crippen LogP) is 1.88. The Balaban J connectivity index is 1.69. The van der Waals surface area contributed by atoms with E-state index in [0.717, 1.165) is 36.6 Å². The molecule has 0 spiro atoms. The van der Waals surface area contributed by atoms with Crippen molar-refractivity contribution in [3.8, 4) is 11.5 Å². The zero-order valence-corrected chi connectivity index (χ0v) is 13.2. The molecule has 2 aliphatic heterocycles. The van der Waals surface area contributed by atoms with Crippen LogP contribution in [0.15, 0.2) is 18.2 Å². The molecule has 5 nitrogen and oxygen atoms in total. The first-order chi connectivity index (χ1) is 10.7. The smallest absolute Gasteiger partial charge is 0.223 e. The minimum atomic E-state index is 0.0128. The summed E-state index contributed by atoms with van der Waals surface area (Å²) in [6.45, 7) is 7.14. The molecule has 2 heterocycles. The van der Waals surface area contributed by atoms with Crippen LogP contribution in [-0.4, -0.2) is 32.2 Å². The van der Waals surface area contributed by atoms with Gasteiger partial charge in [0.1, 0.15) is 13.2 Å². The van der Waals surface area contributed by atoms with Crippen LogP contribution in [0.4, 0.5) is 0 Å². The molecule has 5 heteroatoms. The number of rotatable bonds is 5. The van der Waals surface area contributed by atoms with Gasteiger partial charge in [-0.25, -0.2) is 0 Å². The fourth-order valence-corrected chi connectivity index (χ4v) is 2.88. The van der Waals surface area contributed by atoms with Crippen LogP contribution in [0, 0.1) is 11.8 Å². The van der Waals surface area contributed by atoms with Crippen molar-refractivity contribution in [2.75, 3.05) is 26.3 Å². The van der Waals surface area contributed by atoms with Crippen molar-refractivity contribution in [1.29, 1.82) is 0 Å². The third kappa shape index (κ3) is 3.04. The van der Waals surface area contributed by atoms with Gasteiger partial charge in [0, 0.05) is 5.92 Å². The predicted molar refractivity (Wildman–Crippen MR) is 84.1 cm³/mol. The van der Waals surface area contributed by atoms with Crippen molar-refractivity contribution in [3.63, 3.8) is 0 Å². The third-order valence-corrected chi connectivity index (χ3v) is 4.63. The molecule has 0 aliphatic carbocycles. The molecular formula is C17H24N2O3. The average molecular weight is 304 g/mol. The van der Waals surface area contributed by atoms with E-state index in [4.69, 9.17) is 9.47 Å². The molecule has 2 N–H and O–H groups in total. The van der Waals surface area contributed by atoms with Crippen LogP contribution in [-0.2, 0) is 4.79 Å². The number of hydrogen-bond acceptors (Lipinski definition) is 4. The molecule has 2 atom stereocenters. The minimum Gasteiger partial charge on any atom is -0.486 e. The van der Waals surface area contributed by atoms with E-state index >= 15 is 0 Å². The number of benzene rings is 1. The Hall–Kier alpha value is -1.75. The molecule has 1 aromatic rings. The summed E-state index contributed by atoms with van der Waals surface area (Å²) >= 11 is 0. The monoisotopic (exact) mass is 304 g/mol. The van der Waals surface area contributed by atoms with Gasteiger partial charge in [-0.15, -0.1) is 0 Å². The third-order valence-electron chi connectivity index (χ3n) is 4.63. The maximum atomic E-state index is 12.4. The quantitative estimate of drug-likeness (QED) is 0.872. The fraction of sp³-hybridized carbons (Fsp3) is 0.588. The Morgan fingerprint density at radius 3 is 2.68 bits per heavy atom. The summed E-state index contributed by atoms with van der Waals surface area (Å²) < 4.78 is 11.2. The fourth-order valence-electron chi connectivity index (χ4n) is 2.88. The second-order valence-electron chi connectivity index (χ2n) is 6.08. The second kappa shape index (κ2) is 6.57. The van der Waals surface area contributed by atoms with Crippen LogP contribution in [0.25, 0.3) is 0 Å². The standard InChI is InChI=1S/C17H24N2O3/c1-3-14(19-17(20)11(2)13-9-18-10-13)12-4-5-15-16(8-12)22-7-6-21-15/h4-5,8,11,13-14,18H,3,6-7,9-10H2,1-2H3,(H,19,20). The van der Waals surface area contributed by atoms with Crippen molar-refractivity contribution in [2.24, 2.45) is 11.8 Å². The molecule has 0 aromatic heterocycles. The van der Waals surface area contributed by atoms with Gasteiger partial charge in [0.05, 0.1) is 6.04 Å². The van der Waals surface area contributed by atoms with Crippen LogP contribution >= 0.6 is 0 Å². The van der Waals surface area contributed by atoms with E-state index in [1.54, 1.807) is 0 Å². The molecule has 1 aromatic carbocycles. The summed E-state index contributed by atoms with van der Waals surface area (Å²) in [7, 11) is 0. The topological polar surface area (TPSA) is 59.6 Å². The maximum absolute atomic E-state index is 12.4. The molecule has 2 unspecified atom stereocenters. The highest BCUT2D eigenvalue weighted by atomic mass is 16.6. The molecule has 1 amide bonds. The minimum absolute atomic E-state index is 0.0128. The summed E-state index contributed by atoms with van der Waals surface area (Å²) in [6.07, 6.45) is 0.848. The largest absolute Gasteiger partial charge is 0.486 e. The normalized spacial score (nSPS) is 19.9. The van der Waals surface area contributed by atoms with E-state index in [9.17, 15) is 4.79 Å². The van der Waals surface area contributed by atoms with Gasteiger partial charge in [0.25, 0.3) is 0 Å². The zero-order chi connectivity index (χ0) is 15.5. The highest BCUT2D eigenvalue weighted by Gasteiger charge is 2.30. The van der Waals surface area contributed by atoms with Crippen molar-refractivity contribution in [1.82, 2.24) is 10.6 Å². The van der Waals surface area contributed by atoms with Gasteiger partial charge in [-0.05, 0) is 43.1 Å². The van der Waals surface area contributed by atoms with Gasteiger partial charge in [-0.1, -0.05) is 19.9 Å². The van der Waals surface area contributed by atoms with E-state index in [1.165, 1.54) is 0 Å². The number of nitrogens with one attached hydrogen (secondary N) is 2. The summed E-state index contributed by atoms with van der Waals surface area (Å²) in [5.41, 5.74) is 1.07. The van der Waals surface area contributed by atoms with Crippen molar-refractivity contribution in [2.45, 2.75) is 26.3 Å². The lowest BCUT2D eigenvalue weighted by molar-refractivity contribution is -0.127. The Labute approximate surface area is 131 Å². The number of amides is 1. The highest BCUT2D eigenvalue weighted by molar-refractivity contribution is 5.79. The lowest BCUT2D eigenvalue weighted by Crippen LogP contribution is -2.50. The molecular weight excluding hydrogens is 280 g/mol. The second-order valence-corrected chi connectivity index (χ2v) is 6.08. The number of hydrogen-bond donors (Lipinski definition) is 2. The van der Waals surface area contributed by atoms with E-state index in [0.29, 0.717) is 19.1 Å². The Morgan fingerprint density at radius 2 is 2.05 bits per heavy atom. The van der Waals surface area contributed by atoms with Crippen molar-refractivity contribution < 1.29 is 14.3 Å². The molecule has 1 fully saturated rings. The average Bonchev–Trinajstić information content (AvgIpc) is 2.50. The first-order valence-electron chi connectivity index (χ1n) is 8.09. The van der Waals surface area contributed by atoms with Gasteiger partial charge in [0.15, 0.2) is 11.5 Å². The van der Waals surface area contributed by atoms with Crippen LogP contribution in [0.1, 0.15) is 31.9 Å². The lowest BCUT2D eigenvalue weighted by Gasteiger charge is -2.32. The molecule has 22 heavy (non-hydrogen) atoms. The van der Waals surface area contributed by atoms with Crippen LogP contribution in [0.3, 0.4) is 0 Å². The zero-order valence-electron chi connectivity index (χ0n) is 13.2. The van der Waals surface area contributed by atoms with Crippen LogP contribution < -0.4 is 20.1 Å². The van der Waals surface area contributed by atoms with E-state index in [-0.39, 0.29) is 17.9 Å². The molecule has 1 saturated heterocycles. The van der Waals surface area contributed by atoms with Crippen LogP contribution in [0.5, 0.6) is 11.5 Å². The van der Waals surface area contributed by atoms with E-state index < -0.39 is 0 Å². The maximum Gasteiger partial charge on any atom is 0.223 e. The van der Waals surface area contributed by atoms with E-state index in [1.807, 2.05) is 25.1 Å². The highest BCUT2D eigenvalue weighted by Crippen LogP contribution is 2.33. The first kappa shape index (κ1) is 15.2. The summed E-state index contributed by atoms with van der Waals surface area (Å²) in [4.78, 5) is 12.4. The van der Waals surface area contributed by atoms with Crippen molar-refractivity contribution in [3.05, 3.63) is 23.8 Å². The molecule has 0 saturated carbocycles. The Morgan fingerprint density at radius 1 is 1.32 bits per heavy atom. The van der Waals surface area contributed by atoms with Gasteiger partial charge in [-0.3, -0.25) is 4.79 Å². The Bertz CT molecular complexity index is 543. The van der Waals surface area contributed by atoms with Crippen LogP contribution in [0.2, 0.25) is 0 Å². The first-order valence-corrected chi connectivity index (χ1v) is 8.09. The van der Waals surface area contributed by atoms with E-state index in [2.05, 4.69) is 17.6 Å². The van der Waals surface area contributed by atoms with Crippen molar-refractivity contribution >= 4 is 5.91 Å². The van der Waals surface area contributed by atoms with Gasteiger partial charge < -0.3 is 20.1 Å². The molecule has 3 rings (SSSR count). The van der Waals surface area contributed by atoms with Gasteiger partial charge >= 0.3 is 0 Å². The SMILES string of the molecule is CCC(NC(=O)C(C)C1CNC1)c1ccc2c(c1)OCCO2. The number of carbonyl (C=O) groups is 1. The number of fused-ring (bicyclic) bond motifs is 1. The number of carbonyl (C=O) groups excluding carboxylic acids is 1. The molecule has 2 aliphatic rings. The summed E-state index contributed by atoms with van der Waals surface area (Å²) in [6, 6.07) is 5.94. The van der Waals surface area contributed by atoms with Gasteiger partial charge in [-0.2, -0.15) is 0 Å². The molecule has 0 bridgehead atoms. The molecule has 120 valence electrons. The molecule has 0 radical (unpaired) electrons.